The van der Waals surface area contributed by atoms with E-state index < -0.39 is 0 Å². The van der Waals surface area contributed by atoms with Crippen LogP contribution >= 0.6 is 0 Å². The highest BCUT2D eigenvalue weighted by atomic mass is 16.7. The number of benzene rings is 2. The molecule has 5 nitrogen and oxygen atoms in total. The number of quaternary nitrogens is 1. The molecule has 2 aromatic carbocycles. The van der Waals surface area contributed by atoms with Crippen LogP contribution in [0.4, 0.5) is 0 Å². The second-order valence-corrected chi connectivity index (χ2v) is 6.79. The number of hydrogen-bond donors (Lipinski definition) is 2. The Kier molecular flexibility index (Phi) is 3.03. The van der Waals surface area contributed by atoms with Gasteiger partial charge in [0, 0.05) is 17.6 Å². The molecule has 0 aliphatic carbocycles. The maximum Gasteiger partial charge on any atom is 0.231 e. The fourth-order valence-electron chi connectivity index (χ4n) is 4.36. The number of phenolic OH excluding ortho intramolecular Hbond substituents is 1. The van der Waals surface area contributed by atoms with Crippen LogP contribution < -0.4 is 19.1 Å². The van der Waals surface area contributed by atoms with Crippen molar-refractivity contribution in [1.82, 2.24) is 0 Å². The maximum atomic E-state index is 10.3. The van der Waals surface area contributed by atoms with Gasteiger partial charge in [-0.05, 0) is 36.2 Å². The molecule has 0 bridgehead atoms. The average Bonchev–Trinajstić information content (AvgIpc) is 3.10. The predicted molar refractivity (Wildman–Crippen MR) is 92.9 cm³/mol. The first-order valence-electron chi connectivity index (χ1n) is 8.55. The van der Waals surface area contributed by atoms with Crippen LogP contribution in [-0.4, -0.2) is 25.6 Å². The Morgan fingerprint density at radius 1 is 1.16 bits per heavy atom. The first-order chi connectivity index (χ1) is 12.2. The summed E-state index contributed by atoms with van der Waals surface area (Å²) in [6.45, 7) is 4.34. The van der Waals surface area contributed by atoms with E-state index in [0.29, 0.717) is 12.5 Å². The lowest BCUT2D eigenvalue weighted by atomic mass is 9.86. The van der Waals surface area contributed by atoms with Crippen LogP contribution in [0.5, 0.6) is 23.0 Å². The average molecular weight is 338 g/mol. The molecule has 1 atom stereocenters. The highest BCUT2D eigenvalue weighted by Gasteiger charge is 2.36. The highest BCUT2D eigenvalue weighted by molar-refractivity contribution is 5.90. The Morgan fingerprint density at radius 3 is 2.88 bits per heavy atom. The normalized spacial score (nSPS) is 20.0. The fourth-order valence-corrected chi connectivity index (χ4v) is 4.36. The molecule has 0 saturated heterocycles. The van der Waals surface area contributed by atoms with Crippen LogP contribution in [-0.2, 0) is 13.0 Å². The Balaban J connectivity index is 1.72. The van der Waals surface area contributed by atoms with Gasteiger partial charge >= 0.3 is 0 Å². The van der Waals surface area contributed by atoms with E-state index in [1.165, 1.54) is 32.9 Å². The van der Waals surface area contributed by atoms with E-state index in [4.69, 9.17) is 14.2 Å². The van der Waals surface area contributed by atoms with E-state index in [-0.39, 0.29) is 5.75 Å². The van der Waals surface area contributed by atoms with E-state index >= 15 is 0 Å². The first-order valence-corrected chi connectivity index (χ1v) is 8.55. The van der Waals surface area contributed by atoms with Gasteiger partial charge in [-0.1, -0.05) is 6.07 Å². The summed E-state index contributed by atoms with van der Waals surface area (Å²) in [6, 6.07) is 7.94. The summed E-state index contributed by atoms with van der Waals surface area (Å²) in [4.78, 5) is 1.41. The molecular weight excluding hydrogens is 318 g/mol. The van der Waals surface area contributed by atoms with Crippen molar-refractivity contribution in [2.45, 2.75) is 19.9 Å². The third kappa shape index (κ3) is 1.99. The van der Waals surface area contributed by atoms with E-state index in [0.717, 1.165) is 36.6 Å². The highest BCUT2D eigenvalue weighted by Crippen LogP contribution is 2.43. The fraction of sp³-hybridized carbons (Fsp3) is 0.300. The van der Waals surface area contributed by atoms with Gasteiger partial charge < -0.3 is 19.3 Å². The molecular formula is C20H20NO4+. The van der Waals surface area contributed by atoms with E-state index in [2.05, 4.69) is 13.0 Å². The van der Waals surface area contributed by atoms with Gasteiger partial charge in [-0.2, -0.15) is 0 Å². The second kappa shape index (κ2) is 5.17. The van der Waals surface area contributed by atoms with Crippen LogP contribution in [0.25, 0.3) is 11.3 Å². The molecule has 25 heavy (non-hydrogen) atoms. The molecule has 0 aromatic heterocycles. The molecule has 3 aliphatic rings. The van der Waals surface area contributed by atoms with Gasteiger partial charge in [0.2, 0.25) is 6.79 Å². The summed E-state index contributed by atoms with van der Waals surface area (Å²) >= 11 is 0. The molecule has 0 spiro atoms. The molecule has 0 fully saturated rings. The third-order valence-corrected chi connectivity index (χ3v) is 5.53. The minimum absolute atomic E-state index is 0.194. The molecule has 0 saturated carbocycles. The number of rotatable bonds is 1. The van der Waals surface area contributed by atoms with Crippen molar-refractivity contribution in [2.24, 2.45) is 0 Å². The Hall–Kier alpha value is -2.66. The van der Waals surface area contributed by atoms with Gasteiger partial charge in [0.25, 0.3) is 0 Å². The summed E-state index contributed by atoms with van der Waals surface area (Å²) in [5, 5.41) is 10.3. The van der Waals surface area contributed by atoms with E-state index in [9.17, 15) is 5.11 Å². The van der Waals surface area contributed by atoms with Gasteiger partial charge in [-0.25, -0.2) is 0 Å². The number of fused-ring (bicyclic) bond motifs is 6. The van der Waals surface area contributed by atoms with Crippen molar-refractivity contribution in [3.63, 3.8) is 0 Å². The molecule has 5 rings (SSSR count). The third-order valence-electron chi connectivity index (χ3n) is 5.53. The lowest BCUT2D eigenvalue weighted by Crippen LogP contribution is -3.09. The monoisotopic (exact) mass is 338 g/mol. The predicted octanol–water partition coefficient (Wildman–Crippen LogP) is 1.97. The largest absolute Gasteiger partial charge is 0.504 e. The SMILES string of the molecule is COc1cc2c(cc1O)C1=C(C)c3ccc4c(c3C[NH+]1CC2)OCO4. The first kappa shape index (κ1) is 14.7. The molecule has 3 aliphatic heterocycles. The molecule has 2 N–H and O–H groups in total. The van der Waals surface area contributed by atoms with Crippen LogP contribution in [0.15, 0.2) is 24.3 Å². The van der Waals surface area contributed by atoms with Crippen molar-refractivity contribution in [2.75, 3.05) is 20.4 Å². The van der Waals surface area contributed by atoms with Crippen LogP contribution in [0.3, 0.4) is 0 Å². The quantitative estimate of drug-likeness (QED) is 0.835. The van der Waals surface area contributed by atoms with Crippen molar-refractivity contribution in [1.29, 1.82) is 0 Å². The Morgan fingerprint density at radius 2 is 2.04 bits per heavy atom. The number of allylic oxidation sites excluding steroid dienone is 1. The van der Waals surface area contributed by atoms with Gasteiger partial charge in [-0.3, -0.25) is 4.90 Å². The number of ether oxygens (including phenoxy) is 3. The summed E-state index contributed by atoms with van der Waals surface area (Å²) in [6.07, 6.45) is 0.958. The van der Waals surface area contributed by atoms with Gasteiger partial charge in [0.1, 0.15) is 12.2 Å². The number of methoxy groups -OCH3 is 1. The molecule has 3 heterocycles. The number of phenols is 1. The van der Waals surface area contributed by atoms with Gasteiger partial charge in [0.05, 0.1) is 19.2 Å². The van der Waals surface area contributed by atoms with Crippen LogP contribution in [0, 0.1) is 0 Å². The van der Waals surface area contributed by atoms with Crippen molar-refractivity contribution in [3.8, 4) is 23.0 Å². The zero-order valence-corrected chi connectivity index (χ0v) is 14.3. The molecule has 0 radical (unpaired) electrons. The summed E-state index contributed by atoms with van der Waals surface area (Å²) < 4.78 is 16.5. The second-order valence-electron chi connectivity index (χ2n) is 6.79. The summed E-state index contributed by atoms with van der Waals surface area (Å²) in [5.74, 6) is 2.47. The number of nitrogens with one attached hydrogen (secondary N) is 1. The lowest BCUT2D eigenvalue weighted by Gasteiger charge is -2.34. The number of aromatic hydroxyl groups is 1. The zero-order chi connectivity index (χ0) is 17.1. The smallest absolute Gasteiger partial charge is 0.231 e. The Bertz CT molecular complexity index is 932. The minimum atomic E-state index is 0.194. The lowest BCUT2D eigenvalue weighted by molar-refractivity contribution is -0.842. The van der Waals surface area contributed by atoms with Crippen molar-refractivity contribution >= 4 is 11.3 Å². The van der Waals surface area contributed by atoms with Gasteiger partial charge in [-0.15, -0.1) is 0 Å². The van der Waals surface area contributed by atoms with E-state index in [1.807, 2.05) is 18.2 Å². The molecule has 5 heteroatoms. The molecule has 2 aromatic rings. The van der Waals surface area contributed by atoms with Crippen LogP contribution in [0.2, 0.25) is 0 Å². The number of hydrogen-bond acceptors (Lipinski definition) is 4. The van der Waals surface area contributed by atoms with Crippen LogP contribution in [0.1, 0.15) is 29.2 Å². The standard InChI is InChI=1S/C20H19NO4/c1-11-13-3-4-17-20(25-10-24-17)15(13)9-21-6-5-12-7-18(23-2)16(22)8-14(12)19(11)21/h3-4,7-8,22H,5-6,9-10H2,1-2H3/p+1. The molecule has 1 unspecified atom stereocenters. The van der Waals surface area contributed by atoms with Crippen molar-refractivity contribution in [3.05, 3.63) is 46.5 Å². The zero-order valence-electron chi connectivity index (χ0n) is 14.3. The van der Waals surface area contributed by atoms with Crippen molar-refractivity contribution < 1.29 is 24.2 Å². The minimum Gasteiger partial charge on any atom is -0.504 e. The van der Waals surface area contributed by atoms with Gasteiger partial charge in [0.15, 0.2) is 23.0 Å². The topological polar surface area (TPSA) is 52.4 Å². The summed E-state index contributed by atoms with van der Waals surface area (Å²) in [5.41, 5.74) is 7.31. The van der Waals surface area contributed by atoms with E-state index in [1.54, 1.807) is 7.11 Å². The molecule has 128 valence electrons. The summed E-state index contributed by atoms with van der Waals surface area (Å²) in [7, 11) is 1.59. The maximum absolute atomic E-state index is 10.3. The molecule has 0 amide bonds. The Labute approximate surface area is 146 Å².